The van der Waals surface area contributed by atoms with E-state index in [1.807, 2.05) is 36.2 Å². The summed E-state index contributed by atoms with van der Waals surface area (Å²) < 4.78 is 16.2. The van der Waals surface area contributed by atoms with Gasteiger partial charge in [-0.3, -0.25) is 14.5 Å². The second-order valence-corrected chi connectivity index (χ2v) is 8.23. The van der Waals surface area contributed by atoms with Gasteiger partial charge in [-0.05, 0) is 42.4 Å². The monoisotopic (exact) mass is 450 g/mol. The van der Waals surface area contributed by atoms with E-state index in [1.54, 1.807) is 25.3 Å². The second kappa shape index (κ2) is 9.04. The van der Waals surface area contributed by atoms with E-state index in [1.165, 1.54) is 0 Å². The van der Waals surface area contributed by atoms with Crippen LogP contribution < -0.4 is 19.5 Å². The Kier molecular flexibility index (Phi) is 6.16. The number of carbonyl (C=O) groups excluding carboxylic acids is 1. The molecule has 4 rings (SSSR count). The number of benzene rings is 2. The van der Waals surface area contributed by atoms with Crippen molar-refractivity contribution in [1.82, 2.24) is 10.2 Å². The SMILES string of the molecule is C#CCNC(=O)CC1(c2ccc(OC)cc2)[C@@H](C(=O)O)[C@H](c2ccc3c(c2)OCO3)CN1C. The van der Waals surface area contributed by atoms with Gasteiger partial charge in [-0.15, -0.1) is 6.42 Å². The maximum atomic E-state index is 12.9. The number of likely N-dealkylation sites (N-methyl/N-ethyl adjacent to an activating group) is 1. The first-order valence-electron chi connectivity index (χ1n) is 10.6. The number of hydrogen-bond donors (Lipinski definition) is 2. The summed E-state index contributed by atoms with van der Waals surface area (Å²) in [5.74, 6) is 1.67. The van der Waals surface area contributed by atoms with E-state index >= 15 is 0 Å². The van der Waals surface area contributed by atoms with Crippen molar-refractivity contribution < 1.29 is 28.9 Å². The molecule has 33 heavy (non-hydrogen) atoms. The minimum Gasteiger partial charge on any atom is -0.497 e. The molecule has 2 heterocycles. The summed E-state index contributed by atoms with van der Waals surface area (Å²) in [7, 11) is 3.41. The lowest BCUT2D eigenvalue weighted by atomic mass is 9.71. The lowest BCUT2D eigenvalue weighted by Crippen LogP contribution is -2.49. The van der Waals surface area contributed by atoms with E-state index in [4.69, 9.17) is 20.6 Å². The van der Waals surface area contributed by atoms with Gasteiger partial charge in [0.1, 0.15) is 5.75 Å². The van der Waals surface area contributed by atoms with E-state index in [2.05, 4.69) is 11.2 Å². The van der Waals surface area contributed by atoms with Gasteiger partial charge in [-0.25, -0.2) is 0 Å². The van der Waals surface area contributed by atoms with Crippen molar-refractivity contribution in [2.75, 3.05) is 34.0 Å². The predicted octanol–water partition coefficient (Wildman–Crippen LogP) is 2.19. The maximum absolute atomic E-state index is 12.9. The Labute approximate surface area is 192 Å². The highest BCUT2D eigenvalue weighted by Crippen LogP contribution is 2.52. The molecule has 8 heteroatoms. The zero-order valence-electron chi connectivity index (χ0n) is 18.5. The minimum atomic E-state index is -1.10. The number of terminal acetylenes is 1. The van der Waals surface area contributed by atoms with Crippen LogP contribution in [-0.4, -0.2) is 55.9 Å². The molecule has 1 fully saturated rings. The Bertz CT molecular complexity index is 1090. The number of carboxylic acid groups (broad SMARTS) is 1. The standard InChI is InChI=1S/C25H26N2O6/c1-4-11-26-22(28)13-25(17-6-8-18(31-3)9-7-17)23(24(29)30)19(14-27(25)2)16-5-10-20-21(12-16)33-15-32-20/h1,5-10,12,19,23H,11,13-15H2,2-3H3,(H,26,28)(H,29,30)/t19-,23+,25?/m0/s1. The summed E-state index contributed by atoms with van der Waals surface area (Å²) in [6.07, 6.45) is 5.24. The van der Waals surface area contributed by atoms with Gasteiger partial charge in [0.25, 0.3) is 0 Å². The molecule has 1 unspecified atom stereocenters. The van der Waals surface area contributed by atoms with E-state index in [0.29, 0.717) is 23.8 Å². The van der Waals surface area contributed by atoms with Crippen LogP contribution in [0.4, 0.5) is 0 Å². The molecule has 0 saturated carbocycles. The van der Waals surface area contributed by atoms with Crippen molar-refractivity contribution >= 4 is 11.9 Å². The first-order valence-corrected chi connectivity index (χ1v) is 10.6. The summed E-state index contributed by atoms with van der Waals surface area (Å²) in [6.45, 7) is 0.645. The van der Waals surface area contributed by atoms with Crippen molar-refractivity contribution in [2.24, 2.45) is 5.92 Å². The molecule has 2 N–H and O–H groups in total. The topological polar surface area (TPSA) is 97.3 Å². The Hall–Kier alpha value is -3.70. The van der Waals surface area contributed by atoms with Gasteiger partial charge >= 0.3 is 5.97 Å². The number of hydrogen-bond acceptors (Lipinski definition) is 6. The van der Waals surface area contributed by atoms with Crippen LogP contribution in [-0.2, 0) is 15.1 Å². The number of fused-ring (bicyclic) bond motifs is 1. The third-order valence-electron chi connectivity index (χ3n) is 6.57. The number of carboxylic acids is 1. The summed E-state index contributed by atoms with van der Waals surface area (Å²) in [5.41, 5.74) is 0.438. The molecule has 8 nitrogen and oxygen atoms in total. The van der Waals surface area contributed by atoms with Crippen LogP contribution in [0, 0.1) is 18.3 Å². The van der Waals surface area contributed by atoms with Crippen LogP contribution in [0.3, 0.4) is 0 Å². The van der Waals surface area contributed by atoms with Gasteiger partial charge in [0.2, 0.25) is 12.7 Å². The van der Waals surface area contributed by atoms with Crippen LogP contribution in [0.2, 0.25) is 0 Å². The fourth-order valence-corrected chi connectivity index (χ4v) is 5.04. The van der Waals surface area contributed by atoms with Crippen molar-refractivity contribution in [3.8, 4) is 29.6 Å². The molecule has 2 aliphatic rings. The molecule has 1 amide bonds. The lowest BCUT2D eigenvalue weighted by molar-refractivity contribution is -0.146. The van der Waals surface area contributed by atoms with Gasteiger partial charge in [-0.2, -0.15) is 0 Å². The van der Waals surface area contributed by atoms with Crippen molar-refractivity contribution in [2.45, 2.75) is 17.9 Å². The highest BCUT2D eigenvalue weighted by molar-refractivity contribution is 5.82. The molecule has 0 aromatic heterocycles. The van der Waals surface area contributed by atoms with Crippen molar-refractivity contribution in [3.63, 3.8) is 0 Å². The minimum absolute atomic E-state index is 0.0600. The zero-order chi connectivity index (χ0) is 23.6. The van der Waals surface area contributed by atoms with E-state index in [9.17, 15) is 14.7 Å². The molecule has 2 aromatic carbocycles. The number of aliphatic carboxylic acids is 1. The predicted molar refractivity (Wildman–Crippen MR) is 120 cm³/mol. The summed E-state index contributed by atoms with van der Waals surface area (Å²) in [5, 5.41) is 13.2. The Morgan fingerprint density at radius 2 is 1.97 bits per heavy atom. The number of likely N-dealkylation sites (tertiary alicyclic amines) is 1. The number of rotatable bonds is 7. The second-order valence-electron chi connectivity index (χ2n) is 8.23. The molecule has 172 valence electrons. The lowest BCUT2D eigenvalue weighted by Gasteiger charge is -2.40. The average molecular weight is 450 g/mol. The first-order chi connectivity index (χ1) is 15.9. The molecule has 0 aliphatic carbocycles. The number of ether oxygens (including phenoxy) is 3. The zero-order valence-corrected chi connectivity index (χ0v) is 18.5. The number of nitrogens with zero attached hydrogens (tertiary/aromatic N) is 1. The molecule has 1 saturated heterocycles. The van der Waals surface area contributed by atoms with Crippen LogP contribution in [0.1, 0.15) is 23.5 Å². The average Bonchev–Trinajstić information content (AvgIpc) is 3.40. The van der Waals surface area contributed by atoms with Gasteiger partial charge in [-0.1, -0.05) is 24.1 Å². The molecule has 0 bridgehead atoms. The summed E-state index contributed by atoms with van der Waals surface area (Å²) in [4.78, 5) is 27.6. The Morgan fingerprint density at radius 1 is 1.24 bits per heavy atom. The molecular weight excluding hydrogens is 424 g/mol. The molecule has 2 aliphatic heterocycles. The largest absolute Gasteiger partial charge is 0.497 e. The van der Waals surface area contributed by atoms with E-state index in [-0.39, 0.29) is 31.6 Å². The van der Waals surface area contributed by atoms with Gasteiger partial charge in [0.15, 0.2) is 11.5 Å². The third-order valence-corrected chi connectivity index (χ3v) is 6.57. The highest BCUT2D eigenvalue weighted by Gasteiger charge is 2.58. The number of amides is 1. The van der Waals surface area contributed by atoms with Gasteiger partial charge in [0, 0.05) is 12.5 Å². The number of carbonyl (C=O) groups is 2. The third kappa shape index (κ3) is 3.96. The summed E-state index contributed by atoms with van der Waals surface area (Å²) in [6, 6.07) is 12.7. The molecule has 0 radical (unpaired) electrons. The van der Waals surface area contributed by atoms with Crippen LogP contribution in [0.25, 0.3) is 0 Å². The van der Waals surface area contributed by atoms with Crippen LogP contribution >= 0.6 is 0 Å². The van der Waals surface area contributed by atoms with E-state index in [0.717, 1.165) is 11.1 Å². The fraction of sp³-hybridized carbons (Fsp3) is 0.360. The fourth-order valence-electron chi connectivity index (χ4n) is 5.04. The quantitative estimate of drug-likeness (QED) is 0.624. The van der Waals surface area contributed by atoms with Crippen LogP contribution in [0.5, 0.6) is 17.2 Å². The molecule has 0 spiro atoms. The number of methoxy groups -OCH3 is 1. The Morgan fingerprint density at radius 3 is 2.64 bits per heavy atom. The molecular formula is C25H26N2O6. The molecule has 2 aromatic rings. The van der Waals surface area contributed by atoms with Gasteiger partial charge < -0.3 is 24.6 Å². The number of nitrogens with one attached hydrogen (secondary N) is 1. The van der Waals surface area contributed by atoms with Crippen molar-refractivity contribution in [3.05, 3.63) is 53.6 Å². The van der Waals surface area contributed by atoms with Crippen molar-refractivity contribution in [1.29, 1.82) is 0 Å². The van der Waals surface area contributed by atoms with Gasteiger partial charge in [0.05, 0.1) is 31.5 Å². The highest BCUT2D eigenvalue weighted by atomic mass is 16.7. The molecule has 3 atom stereocenters. The van der Waals surface area contributed by atoms with Crippen LogP contribution in [0.15, 0.2) is 42.5 Å². The smallest absolute Gasteiger partial charge is 0.309 e. The maximum Gasteiger partial charge on any atom is 0.309 e. The first kappa shape index (κ1) is 22.5. The van der Waals surface area contributed by atoms with E-state index < -0.39 is 17.4 Å². The Balaban J connectivity index is 1.81. The summed E-state index contributed by atoms with van der Waals surface area (Å²) >= 11 is 0. The normalized spacial score (nSPS) is 23.7.